The van der Waals surface area contributed by atoms with Crippen LogP contribution < -0.4 is 11.1 Å². The Kier molecular flexibility index (Phi) is 7.33. The summed E-state index contributed by atoms with van der Waals surface area (Å²) in [6.45, 7) is 3.16. The maximum atomic E-state index is 13.1. The van der Waals surface area contributed by atoms with Crippen LogP contribution in [0.5, 0.6) is 0 Å². The normalized spacial score (nSPS) is 17.9. The van der Waals surface area contributed by atoms with Gasteiger partial charge in [0.05, 0.1) is 22.2 Å². The minimum Gasteiger partial charge on any atom is -0.346 e. The van der Waals surface area contributed by atoms with Gasteiger partial charge in [-0.2, -0.15) is 0 Å². The van der Waals surface area contributed by atoms with Gasteiger partial charge in [0, 0.05) is 20.0 Å². The van der Waals surface area contributed by atoms with E-state index in [1.54, 1.807) is 4.90 Å². The molecule has 0 saturated carbocycles. The van der Waals surface area contributed by atoms with Gasteiger partial charge in [0.2, 0.25) is 17.6 Å². The van der Waals surface area contributed by atoms with Crippen LogP contribution in [0, 0.1) is 5.92 Å². The van der Waals surface area contributed by atoms with Crippen LogP contribution in [0.15, 0.2) is 24.3 Å². The standard InChI is InChI=1S/C21H28N4O3S/c1-14(26)25-12-6-7-15(13-25)20(28)23-17(9-4-5-11-22)19(27)21-24-16-8-2-3-10-18(16)29-21/h2-3,8,10,15,17H,4-7,9,11-13,22H2,1H3,(H,23,28). The van der Waals surface area contributed by atoms with Crippen molar-refractivity contribution in [2.45, 2.75) is 45.1 Å². The van der Waals surface area contributed by atoms with Gasteiger partial charge < -0.3 is 16.0 Å². The second kappa shape index (κ2) is 9.93. The molecule has 0 radical (unpaired) electrons. The third-order valence-electron chi connectivity index (χ3n) is 5.32. The zero-order valence-corrected chi connectivity index (χ0v) is 17.5. The van der Waals surface area contributed by atoms with Gasteiger partial charge in [-0.1, -0.05) is 12.1 Å². The summed E-state index contributed by atoms with van der Waals surface area (Å²) in [6.07, 6.45) is 3.59. The molecule has 1 aromatic heterocycles. The molecule has 3 N–H and O–H groups in total. The molecule has 1 fully saturated rings. The molecule has 0 bridgehead atoms. The summed E-state index contributed by atoms with van der Waals surface area (Å²) in [7, 11) is 0. The van der Waals surface area contributed by atoms with Crippen LogP contribution in [0.4, 0.5) is 0 Å². The number of nitrogens with zero attached hydrogens (tertiary/aromatic N) is 2. The highest BCUT2D eigenvalue weighted by Gasteiger charge is 2.31. The number of fused-ring (bicyclic) bond motifs is 1. The van der Waals surface area contributed by atoms with E-state index >= 15 is 0 Å². The molecule has 1 aromatic carbocycles. The summed E-state index contributed by atoms with van der Waals surface area (Å²) >= 11 is 1.35. The third kappa shape index (κ3) is 5.39. The van der Waals surface area contributed by atoms with E-state index in [-0.39, 0.29) is 23.5 Å². The molecule has 0 aliphatic carbocycles. The number of piperidine rings is 1. The number of hydrogen-bond acceptors (Lipinski definition) is 6. The number of Topliss-reactive ketones (excluding diaryl/α,β-unsaturated/α-hetero) is 1. The molecule has 8 heteroatoms. The number of aromatic nitrogens is 1. The first-order valence-corrected chi connectivity index (χ1v) is 11.0. The topological polar surface area (TPSA) is 105 Å². The molecular weight excluding hydrogens is 388 g/mol. The fraction of sp³-hybridized carbons (Fsp3) is 0.524. The van der Waals surface area contributed by atoms with Gasteiger partial charge in [-0.25, -0.2) is 4.98 Å². The lowest BCUT2D eigenvalue weighted by atomic mass is 9.96. The Labute approximate surface area is 174 Å². The fourth-order valence-corrected chi connectivity index (χ4v) is 4.62. The third-order valence-corrected chi connectivity index (χ3v) is 6.37. The van der Waals surface area contributed by atoms with Crippen molar-refractivity contribution in [3.63, 3.8) is 0 Å². The molecule has 0 spiro atoms. The first-order valence-electron chi connectivity index (χ1n) is 10.2. The molecular formula is C21H28N4O3S. The van der Waals surface area contributed by atoms with E-state index in [1.165, 1.54) is 18.3 Å². The maximum Gasteiger partial charge on any atom is 0.225 e. The molecule has 156 valence electrons. The molecule has 2 heterocycles. The fourth-order valence-electron chi connectivity index (χ4n) is 3.65. The highest BCUT2D eigenvalue weighted by atomic mass is 32.1. The van der Waals surface area contributed by atoms with E-state index in [4.69, 9.17) is 5.73 Å². The van der Waals surface area contributed by atoms with Crippen LogP contribution in [-0.4, -0.2) is 53.2 Å². The van der Waals surface area contributed by atoms with Crippen LogP contribution in [-0.2, 0) is 9.59 Å². The molecule has 1 aliphatic rings. The van der Waals surface area contributed by atoms with E-state index < -0.39 is 6.04 Å². The number of carbonyl (C=O) groups is 3. The minimum absolute atomic E-state index is 0.0208. The van der Waals surface area contributed by atoms with E-state index in [0.29, 0.717) is 31.1 Å². The summed E-state index contributed by atoms with van der Waals surface area (Å²) in [6, 6.07) is 7.00. The molecule has 7 nitrogen and oxygen atoms in total. The summed E-state index contributed by atoms with van der Waals surface area (Å²) in [5.41, 5.74) is 6.38. The van der Waals surface area contributed by atoms with Gasteiger partial charge in [-0.05, 0) is 50.8 Å². The van der Waals surface area contributed by atoms with E-state index in [1.807, 2.05) is 24.3 Å². The van der Waals surface area contributed by atoms with Gasteiger partial charge in [-0.15, -0.1) is 11.3 Å². The highest BCUT2D eigenvalue weighted by molar-refractivity contribution is 7.20. The number of benzene rings is 1. The van der Waals surface area contributed by atoms with E-state index in [2.05, 4.69) is 10.3 Å². The SMILES string of the molecule is CC(=O)N1CCCC(C(=O)NC(CCCCN)C(=O)c2nc3ccccc3s2)C1. The summed E-state index contributed by atoms with van der Waals surface area (Å²) < 4.78 is 0.951. The van der Waals surface area contributed by atoms with Crippen LogP contribution >= 0.6 is 11.3 Å². The Morgan fingerprint density at radius 3 is 2.83 bits per heavy atom. The highest BCUT2D eigenvalue weighted by Crippen LogP contribution is 2.24. The zero-order chi connectivity index (χ0) is 20.8. The smallest absolute Gasteiger partial charge is 0.225 e. The largest absolute Gasteiger partial charge is 0.346 e. The Morgan fingerprint density at radius 1 is 1.31 bits per heavy atom. The lowest BCUT2D eigenvalue weighted by Gasteiger charge is -2.32. The first-order chi connectivity index (χ1) is 14.0. The molecule has 2 atom stereocenters. The van der Waals surface area contributed by atoms with Crippen molar-refractivity contribution in [2.24, 2.45) is 11.7 Å². The number of amides is 2. The number of nitrogens with two attached hydrogens (primary N) is 1. The minimum atomic E-state index is -0.623. The van der Waals surface area contributed by atoms with Crippen molar-refractivity contribution in [3.8, 4) is 0 Å². The molecule has 1 aliphatic heterocycles. The van der Waals surface area contributed by atoms with Crippen LogP contribution in [0.2, 0.25) is 0 Å². The number of ketones is 1. The second-order valence-electron chi connectivity index (χ2n) is 7.50. The molecule has 2 amide bonds. The average molecular weight is 417 g/mol. The molecule has 1 saturated heterocycles. The number of carbonyl (C=O) groups excluding carboxylic acids is 3. The van der Waals surface area contributed by atoms with E-state index in [0.717, 1.165) is 35.9 Å². The Morgan fingerprint density at radius 2 is 2.10 bits per heavy atom. The zero-order valence-electron chi connectivity index (χ0n) is 16.7. The Bertz CT molecular complexity index is 849. The van der Waals surface area contributed by atoms with Crippen molar-refractivity contribution in [1.82, 2.24) is 15.2 Å². The van der Waals surface area contributed by atoms with E-state index in [9.17, 15) is 14.4 Å². The number of thiazole rings is 1. The monoisotopic (exact) mass is 416 g/mol. The Balaban J connectivity index is 1.72. The lowest BCUT2D eigenvalue weighted by molar-refractivity contribution is -0.134. The van der Waals surface area contributed by atoms with Crippen LogP contribution in [0.1, 0.15) is 48.8 Å². The van der Waals surface area contributed by atoms with Crippen LogP contribution in [0.25, 0.3) is 10.2 Å². The first kappa shape index (κ1) is 21.4. The van der Waals surface area contributed by atoms with Crippen molar-refractivity contribution >= 4 is 39.2 Å². The van der Waals surface area contributed by atoms with Crippen LogP contribution in [0.3, 0.4) is 0 Å². The van der Waals surface area contributed by atoms with Gasteiger partial charge in [0.15, 0.2) is 5.01 Å². The Hall–Kier alpha value is -2.32. The maximum absolute atomic E-state index is 13.1. The number of para-hydroxylation sites is 1. The second-order valence-corrected chi connectivity index (χ2v) is 8.53. The summed E-state index contributed by atoms with van der Waals surface area (Å²) in [5, 5.41) is 3.36. The van der Waals surface area contributed by atoms with Gasteiger partial charge in [0.1, 0.15) is 0 Å². The van der Waals surface area contributed by atoms with Gasteiger partial charge >= 0.3 is 0 Å². The molecule has 3 rings (SSSR count). The average Bonchev–Trinajstić information content (AvgIpc) is 3.17. The van der Waals surface area contributed by atoms with Crippen molar-refractivity contribution < 1.29 is 14.4 Å². The van der Waals surface area contributed by atoms with Gasteiger partial charge in [0.25, 0.3) is 0 Å². The number of rotatable bonds is 8. The number of hydrogen-bond donors (Lipinski definition) is 2. The number of nitrogens with one attached hydrogen (secondary N) is 1. The molecule has 29 heavy (non-hydrogen) atoms. The van der Waals surface area contributed by atoms with Crippen molar-refractivity contribution in [1.29, 1.82) is 0 Å². The number of likely N-dealkylation sites (tertiary alicyclic amines) is 1. The lowest BCUT2D eigenvalue weighted by Crippen LogP contribution is -2.49. The molecule has 2 unspecified atom stereocenters. The van der Waals surface area contributed by atoms with Crippen molar-refractivity contribution in [2.75, 3.05) is 19.6 Å². The predicted molar refractivity (Wildman–Crippen MR) is 114 cm³/mol. The van der Waals surface area contributed by atoms with Gasteiger partial charge in [-0.3, -0.25) is 14.4 Å². The quantitative estimate of drug-likeness (QED) is 0.508. The number of unbranched alkanes of at least 4 members (excludes halogenated alkanes) is 1. The summed E-state index contributed by atoms with van der Waals surface area (Å²) in [4.78, 5) is 43.8. The predicted octanol–water partition coefficient (Wildman–Crippen LogP) is 2.35. The summed E-state index contributed by atoms with van der Waals surface area (Å²) in [5.74, 6) is -0.626. The van der Waals surface area contributed by atoms with Crippen molar-refractivity contribution in [3.05, 3.63) is 29.3 Å². The molecule has 2 aromatic rings.